The third-order valence-corrected chi connectivity index (χ3v) is 3.14. The van der Waals surface area contributed by atoms with E-state index in [1.807, 2.05) is 0 Å². The van der Waals surface area contributed by atoms with Crippen LogP contribution in [0.5, 0.6) is 0 Å². The van der Waals surface area contributed by atoms with Crippen LogP contribution < -0.4 is 0 Å². The minimum Gasteiger partial charge on any atom is -0.379 e. The Labute approximate surface area is 88.9 Å². The van der Waals surface area contributed by atoms with Crippen molar-refractivity contribution in [1.82, 2.24) is 4.90 Å². The lowest BCUT2D eigenvalue weighted by molar-refractivity contribution is -0.143. The van der Waals surface area contributed by atoms with Crippen molar-refractivity contribution in [3.05, 3.63) is 11.1 Å². The Kier molecular flexibility index (Phi) is 2.61. The van der Waals surface area contributed by atoms with Crippen molar-refractivity contribution < 1.29 is 14.3 Å². The van der Waals surface area contributed by atoms with Crippen molar-refractivity contribution in [2.75, 3.05) is 13.2 Å². The quantitative estimate of drug-likeness (QED) is 0.602. The first-order valence-corrected chi connectivity index (χ1v) is 5.26. The van der Waals surface area contributed by atoms with E-state index in [0.29, 0.717) is 17.8 Å². The first-order chi connectivity index (χ1) is 7.13. The molecular formula is C11H15NO3. The predicted molar refractivity (Wildman–Crippen MR) is 54.1 cm³/mol. The fraction of sp³-hybridized carbons (Fsp3) is 0.636. The van der Waals surface area contributed by atoms with Crippen molar-refractivity contribution in [3.63, 3.8) is 0 Å². The van der Waals surface area contributed by atoms with E-state index in [2.05, 4.69) is 0 Å². The zero-order valence-electron chi connectivity index (χ0n) is 9.08. The molecule has 0 aromatic rings. The van der Waals surface area contributed by atoms with Gasteiger partial charge in [0, 0.05) is 17.8 Å². The number of hydrogen-bond donors (Lipinski definition) is 0. The molecule has 15 heavy (non-hydrogen) atoms. The molecular weight excluding hydrogens is 194 g/mol. The Morgan fingerprint density at radius 2 is 1.80 bits per heavy atom. The van der Waals surface area contributed by atoms with E-state index < -0.39 is 0 Å². The molecule has 0 aliphatic carbocycles. The summed E-state index contributed by atoms with van der Waals surface area (Å²) in [5, 5.41) is 0. The minimum absolute atomic E-state index is 0.0638. The zero-order chi connectivity index (χ0) is 11.0. The summed E-state index contributed by atoms with van der Waals surface area (Å²) in [6, 6.07) is -0.0638. The van der Waals surface area contributed by atoms with Crippen LogP contribution in [0.4, 0.5) is 0 Å². The molecule has 0 radical (unpaired) electrons. The van der Waals surface area contributed by atoms with Crippen LogP contribution in [0.2, 0.25) is 0 Å². The molecule has 1 fully saturated rings. The smallest absolute Gasteiger partial charge is 0.257 e. The second-order valence-electron chi connectivity index (χ2n) is 4.10. The topological polar surface area (TPSA) is 46.6 Å². The van der Waals surface area contributed by atoms with Gasteiger partial charge in [0.05, 0.1) is 12.6 Å². The molecule has 0 N–H and O–H groups in total. The maximum atomic E-state index is 11.8. The van der Waals surface area contributed by atoms with Crippen LogP contribution in [0.1, 0.15) is 26.7 Å². The standard InChI is InChI=1S/C11H15NO3/c1-7-8(2)11(14)12(10(7)13)9-4-3-5-15-6-9/h9H,3-6H2,1-2H3/t9-/m1/s1. The van der Waals surface area contributed by atoms with Crippen LogP contribution >= 0.6 is 0 Å². The van der Waals surface area contributed by atoms with E-state index in [9.17, 15) is 9.59 Å². The molecule has 2 aliphatic heterocycles. The number of ether oxygens (including phenoxy) is 1. The van der Waals surface area contributed by atoms with E-state index in [1.165, 1.54) is 4.90 Å². The SMILES string of the molecule is CC1=C(C)C(=O)N([C@@H]2CCCOC2)C1=O. The second kappa shape index (κ2) is 3.77. The Morgan fingerprint density at radius 3 is 2.27 bits per heavy atom. The van der Waals surface area contributed by atoms with E-state index in [0.717, 1.165) is 19.4 Å². The second-order valence-corrected chi connectivity index (χ2v) is 4.10. The van der Waals surface area contributed by atoms with Gasteiger partial charge in [-0.1, -0.05) is 0 Å². The normalized spacial score (nSPS) is 27.9. The van der Waals surface area contributed by atoms with Gasteiger partial charge in [0.1, 0.15) is 0 Å². The van der Waals surface area contributed by atoms with Crippen LogP contribution in [-0.4, -0.2) is 36.0 Å². The molecule has 0 aromatic carbocycles. The van der Waals surface area contributed by atoms with E-state index in [1.54, 1.807) is 13.8 Å². The average Bonchev–Trinajstić information content (AvgIpc) is 2.45. The number of carbonyl (C=O) groups excluding carboxylic acids is 2. The van der Waals surface area contributed by atoms with E-state index in [-0.39, 0.29) is 17.9 Å². The first kappa shape index (κ1) is 10.4. The number of amides is 2. The van der Waals surface area contributed by atoms with Gasteiger partial charge >= 0.3 is 0 Å². The molecule has 2 aliphatic rings. The van der Waals surface area contributed by atoms with Crippen molar-refractivity contribution in [2.45, 2.75) is 32.7 Å². The molecule has 1 saturated heterocycles. The lowest BCUT2D eigenvalue weighted by Gasteiger charge is -2.29. The van der Waals surface area contributed by atoms with Crippen LogP contribution in [-0.2, 0) is 14.3 Å². The molecule has 0 saturated carbocycles. The van der Waals surface area contributed by atoms with Crippen LogP contribution in [0.3, 0.4) is 0 Å². The summed E-state index contributed by atoms with van der Waals surface area (Å²) in [6.07, 6.45) is 1.78. The Bertz CT molecular complexity index is 316. The summed E-state index contributed by atoms with van der Waals surface area (Å²) < 4.78 is 5.30. The molecule has 82 valence electrons. The van der Waals surface area contributed by atoms with Gasteiger partial charge in [0.15, 0.2) is 0 Å². The number of nitrogens with zero attached hydrogens (tertiary/aromatic N) is 1. The number of imide groups is 1. The third kappa shape index (κ3) is 1.59. The van der Waals surface area contributed by atoms with Gasteiger partial charge < -0.3 is 4.74 Å². The van der Waals surface area contributed by atoms with Gasteiger partial charge in [0.2, 0.25) is 0 Å². The highest BCUT2D eigenvalue weighted by molar-refractivity contribution is 6.18. The highest BCUT2D eigenvalue weighted by Gasteiger charge is 2.38. The third-order valence-electron chi connectivity index (χ3n) is 3.14. The molecule has 0 aromatic heterocycles. The lowest BCUT2D eigenvalue weighted by atomic mass is 10.1. The first-order valence-electron chi connectivity index (χ1n) is 5.26. The fourth-order valence-electron chi connectivity index (χ4n) is 2.03. The largest absolute Gasteiger partial charge is 0.379 e. The van der Waals surface area contributed by atoms with Crippen molar-refractivity contribution >= 4 is 11.8 Å². The van der Waals surface area contributed by atoms with Gasteiger partial charge in [-0.05, 0) is 26.7 Å². The molecule has 0 spiro atoms. The molecule has 1 atom stereocenters. The summed E-state index contributed by atoms with van der Waals surface area (Å²) in [5.74, 6) is -0.291. The number of carbonyl (C=O) groups is 2. The molecule has 0 bridgehead atoms. The summed E-state index contributed by atoms with van der Waals surface area (Å²) >= 11 is 0. The lowest BCUT2D eigenvalue weighted by Crippen LogP contribution is -2.45. The highest BCUT2D eigenvalue weighted by Crippen LogP contribution is 2.25. The van der Waals surface area contributed by atoms with Crippen LogP contribution in [0.15, 0.2) is 11.1 Å². The Morgan fingerprint density at radius 1 is 1.20 bits per heavy atom. The fourth-order valence-corrected chi connectivity index (χ4v) is 2.03. The summed E-state index contributed by atoms with van der Waals surface area (Å²) in [6.45, 7) is 4.63. The van der Waals surface area contributed by atoms with Crippen LogP contribution in [0.25, 0.3) is 0 Å². The zero-order valence-corrected chi connectivity index (χ0v) is 9.08. The Hall–Kier alpha value is -1.16. The van der Waals surface area contributed by atoms with Crippen molar-refractivity contribution in [3.8, 4) is 0 Å². The van der Waals surface area contributed by atoms with Gasteiger partial charge in [0.25, 0.3) is 11.8 Å². The monoisotopic (exact) mass is 209 g/mol. The molecule has 2 rings (SSSR count). The Balaban J connectivity index is 2.18. The van der Waals surface area contributed by atoms with Crippen molar-refractivity contribution in [2.24, 2.45) is 0 Å². The molecule has 4 heteroatoms. The predicted octanol–water partition coefficient (Wildman–Crippen LogP) is 0.871. The van der Waals surface area contributed by atoms with Gasteiger partial charge in [-0.2, -0.15) is 0 Å². The number of rotatable bonds is 1. The average molecular weight is 209 g/mol. The maximum Gasteiger partial charge on any atom is 0.257 e. The highest BCUT2D eigenvalue weighted by atomic mass is 16.5. The van der Waals surface area contributed by atoms with Gasteiger partial charge in [-0.25, -0.2) is 0 Å². The number of hydrogen-bond acceptors (Lipinski definition) is 3. The van der Waals surface area contributed by atoms with Gasteiger partial charge in [-0.15, -0.1) is 0 Å². The van der Waals surface area contributed by atoms with E-state index in [4.69, 9.17) is 4.74 Å². The van der Waals surface area contributed by atoms with Gasteiger partial charge in [-0.3, -0.25) is 14.5 Å². The molecule has 0 unspecified atom stereocenters. The maximum absolute atomic E-state index is 11.8. The minimum atomic E-state index is -0.145. The summed E-state index contributed by atoms with van der Waals surface area (Å²) in [5.41, 5.74) is 1.15. The van der Waals surface area contributed by atoms with Crippen molar-refractivity contribution in [1.29, 1.82) is 0 Å². The summed E-state index contributed by atoms with van der Waals surface area (Å²) in [4.78, 5) is 25.0. The van der Waals surface area contributed by atoms with Crippen LogP contribution in [0, 0.1) is 0 Å². The molecule has 2 heterocycles. The van der Waals surface area contributed by atoms with E-state index >= 15 is 0 Å². The molecule has 4 nitrogen and oxygen atoms in total. The summed E-state index contributed by atoms with van der Waals surface area (Å²) in [7, 11) is 0. The molecule has 2 amide bonds.